The van der Waals surface area contributed by atoms with E-state index in [0.29, 0.717) is 36.2 Å². The second-order valence-electron chi connectivity index (χ2n) is 21.8. The Morgan fingerprint density at radius 2 is 0.809 bits per heavy atom. The van der Waals surface area contributed by atoms with Gasteiger partial charge in [-0.3, -0.25) is 0 Å². The number of carbonyl (C=O) groups is 2. The van der Waals surface area contributed by atoms with Gasteiger partial charge >= 0.3 is 12.2 Å². The average Bonchev–Trinajstić information content (AvgIpc) is 3.26. The van der Waals surface area contributed by atoms with Crippen LogP contribution in [0.3, 0.4) is 0 Å². The molecule has 6 rings (SSSR count). The van der Waals surface area contributed by atoms with Crippen LogP contribution in [0.2, 0.25) is 10.0 Å². The molecule has 2 saturated heterocycles. The molecule has 372 valence electrons. The van der Waals surface area contributed by atoms with Crippen molar-refractivity contribution in [2.24, 2.45) is 11.8 Å². The SMILES string of the molecule is CC(C)(C)OC(=O)N1CCC([C@@H](NS(=O)C(C)(C)C)c2ccccc2-c2ccc(Cl)cc2)CC1.CC(C)(C)OC(=O)N1CCC([C@H](NS(=O)C(C)(C)C)c2ccccc2-c2ccc(Cl)cc2)CC1. The normalized spacial score (nSPS) is 17.3. The molecule has 2 aliphatic rings. The second kappa shape index (κ2) is 23.4. The molecule has 2 unspecified atom stereocenters. The molecule has 2 heterocycles. The summed E-state index contributed by atoms with van der Waals surface area (Å²) in [6.45, 7) is 25.6. The fourth-order valence-corrected chi connectivity index (χ4v) is 10.3. The molecule has 2 N–H and O–H groups in total. The monoisotopic (exact) mass is 1010 g/mol. The number of hydrogen-bond donors (Lipinski definition) is 2. The summed E-state index contributed by atoms with van der Waals surface area (Å²) in [7, 11) is -2.49. The Morgan fingerprint density at radius 1 is 0.515 bits per heavy atom. The maximum absolute atomic E-state index is 13.2. The highest BCUT2D eigenvalue weighted by molar-refractivity contribution is 7.84. The lowest BCUT2D eigenvalue weighted by Gasteiger charge is -2.38. The van der Waals surface area contributed by atoms with Crippen LogP contribution in [0.15, 0.2) is 97.1 Å². The molecule has 4 aromatic rings. The largest absolute Gasteiger partial charge is 0.444 e. The number of carbonyl (C=O) groups excluding carboxylic acids is 2. The first-order chi connectivity index (χ1) is 31.7. The number of hydrogen-bond acceptors (Lipinski definition) is 6. The third-order valence-electron chi connectivity index (χ3n) is 11.8. The minimum Gasteiger partial charge on any atom is -0.444 e. The van der Waals surface area contributed by atoms with E-state index in [2.05, 4.69) is 33.7 Å². The Labute approximate surface area is 421 Å². The van der Waals surface area contributed by atoms with Gasteiger partial charge in [-0.15, -0.1) is 0 Å². The minimum absolute atomic E-state index is 0.118. The van der Waals surface area contributed by atoms with Gasteiger partial charge in [0, 0.05) is 48.3 Å². The standard InChI is InChI=1S/2C27H37ClN2O3S/c2*1-26(2,3)33-25(31)30-17-15-20(16-18-30)24(29-34(32)27(4,5)6)23-10-8-7-9-22(23)19-11-13-21(28)14-12-19/h2*7-14,20,24,29H,15-18H2,1-6H3/t2*24-,34?/m10/s1. The van der Waals surface area contributed by atoms with Gasteiger partial charge in [-0.05, 0) is 178 Å². The number of amides is 2. The number of benzene rings is 4. The van der Waals surface area contributed by atoms with Gasteiger partial charge in [0.2, 0.25) is 0 Å². The van der Waals surface area contributed by atoms with E-state index in [4.69, 9.17) is 32.7 Å². The summed E-state index contributed by atoms with van der Waals surface area (Å²) in [5, 5.41) is 1.39. The van der Waals surface area contributed by atoms with E-state index in [1.54, 1.807) is 9.80 Å². The molecule has 2 amide bonds. The molecule has 0 bridgehead atoms. The molecule has 14 heteroatoms. The first kappa shape index (κ1) is 55.2. The van der Waals surface area contributed by atoms with Crippen LogP contribution in [0.4, 0.5) is 9.59 Å². The zero-order valence-corrected chi connectivity index (χ0v) is 45.3. The number of likely N-dealkylation sites (tertiary alicyclic amines) is 2. The van der Waals surface area contributed by atoms with Crippen molar-refractivity contribution in [2.45, 2.75) is 142 Å². The third kappa shape index (κ3) is 16.1. The van der Waals surface area contributed by atoms with Crippen molar-refractivity contribution < 1.29 is 27.5 Å². The average molecular weight is 1010 g/mol. The predicted molar refractivity (Wildman–Crippen MR) is 282 cm³/mol. The number of rotatable bonds is 10. The van der Waals surface area contributed by atoms with Crippen molar-refractivity contribution in [3.05, 3.63) is 118 Å². The summed E-state index contributed by atoms with van der Waals surface area (Å²) in [6, 6.07) is 31.9. The highest BCUT2D eigenvalue weighted by Crippen LogP contribution is 2.40. The van der Waals surface area contributed by atoms with Crippen LogP contribution in [0, 0.1) is 11.8 Å². The zero-order chi connectivity index (χ0) is 50.2. The van der Waals surface area contributed by atoms with Gasteiger partial charge in [-0.1, -0.05) is 96.0 Å². The first-order valence-corrected chi connectivity index (χ1v) is 26.8. The number of halogens is 2. The molecule has 2 aliphatic heterocycles. The van der Waals surface area contributed by atoms with Crippen molar-refractivity contribution in [3.8, 4) is 22.3 Å². The molecule has 68 heavy (non-hydrogen) atoms. The summed E-state index contributed by atoms with van der Waals surface area (Å²) < 4.78 is 43.7. The van der Waals surface area contributed by atoms with Gasteiger partial charge in [-0.2, -0.15) is 0 Å². The van der Waals surface area contributed by atoms with Crippen molar-refractivity contribution in [1.82, 2.24) is 19.2 Å². The molecular weight excluding hydrogens is 936 g/mol. The van der Waals surface area contributed by atoms with Crippen LogP contribution < -0.4 is 9.44 Å². The Bertz CT molecular complexity index is 2170. The van der Waals surface area contributed by atoms with E-state index < -0.39 is 42.7 Å². The van der Waals surface area contributed by atoms with E-state index in [-0.39, 0.29) is 36.1 Å². The van der Waals surface area contributed by atoms with Gasteiger partial charge in [0.05, 0.1) is 31.5 Å². The van der Waals surface area contributed by atoms with Crippen molar-refractivity contribution in [2.75, 3.05) is 26.2 Å². The van der Waals surface area contributed by atoms with E-state index in [0.717, 1.165) is 59.1 Å². The molecule has 0 aromatic heterocycles. The van der Waals surface area contributed by atoms with Crippen LogP contribution in [-0.4, -0.2) is 77.3 Å². The van der Waals surface area contributed by atoms with Gasteiger partial charge in [0.1, 0.15) is 11.2 Å². The summed E-state index contributed by atoms with van der Waals surface area (Å²) in [5.74, 6) is 0.442. The number of piperidine rings is 2. The second-order valence-corrected chi connectivity index (χ2v) is 26.6. The summed E-state index contributed by atoms with van der Waals surface area (Å²) in [6.07, 6.45) is 2.66. The molecule has 4 aromatic carbocycles. The third-order valence-corrected chi connectivity index (χ3v) is 15.5. The maximum Gasteiger partial charge on any atom is 0.410 e. The van der Waals surface area contributed by atoms with Crippen LogP contribution in [0.5, 0.6) is 0 Å². The van der Waals surface area contributed by atoms with Gasteiger partial charge in [-0.25, -0.2) is 27.5 Å². The number of ether oxygens (including phenoxy) is 2. The molecule has 2 fully saturated rings. The Hall–Kier alpha value is -3.78. The molecular formula is C54H74Cl2N4O6S2. The number of nitrogens with zero attached hydrogens (tertiary/aromatic N) is 2. The topological polar surface area (TPSA) is 117 Å². The van der Waals surface area contributed by atoms with E-state index in [1.165, 1.54) is 0 Å². The van der Waals surface area contributed by atoms with Crippen LogP contribution >= 0.6 is 23.2 Å². The summed E-state index contributed by atoms with van der Waals surface area (Å²) in [4.78, 5) is 28.7. The predicted octanol–water partition coefficient (Wildman–Crippen LogP) is 13.5. The summed E-state index contributed by atoms with van der Waals surface area (Å²) in [5.41, 5.74) is 5.52. The smallest absolute Gasteiger partial charge is 0.410 e. The van der Waals surface area contributed by atoms with Crippen LogP contribution in [0.25, 0.3) is 22.3 Å². The fraction of sp³-hybridized carbons (Fsp3) is 0.519. The van der Waals surface area contributed by atoms with E-state index in [1.807, 2.05) is 156 Å². The van der Waals surface area contributed by atoms with E-state index in [9.17, 15) is 18.0 Å². The molecule has 0 aliphatic carbocycles. The molecule has 4 atom stereocenters. The Balaban J connectivity index is 0.000000254. The van der Waals surface area contributed by atoms with Crippen LogP contribution in [-0.2, 0) is 31.4 Å². The van der Waals surface area contributed by atoms with Crippen molar-refractivity contribution in [3.63, 3.8) is 0 Å². The van der Waals surface area contributed by atoms with Gasteiger partial charge in [0.15, 0.2) is 0 Å². The quantitative estimate of drug-likeness (QED) is 0.163. The lowest BCUT2D eigenvalue weighted by molar-refractivity contribution is 0.0162. The lowest BCUT2D eigenvalue weighted by Crippen LogP contribution is -2.45. The lowest BCUT2D eigenvalue weighted by atomic mass is 9.83. The van der Waals surface area contributed by atoms with Crippen molar-refractivity contribution >= 4 is 57.4 Å². The molecule has 0 saturated carbocycles. The molecule has 0 radical (unpaired) electrons. The fourth-order valence-electron chi connectivity index (χ4n) is 8.22. The van der Waals surface area contributed by atoms with Gasteiger partial charge in [0.25, 0.3) is 0 Å². The molecule has 0 spiro atoms. The zero-order valence-electron chi connectivity index (χ0n) is 42.1. The Morgan fingerprint density at radius 3 is 1.09 bits per heavy atom. The Kier molecular flexibility index (Phi) is 19.0. The molecule has 10 nitrogen and oxygen atoms in total. The first-order valence-electron chi connectivity index (χ1n) is 23.7. The highest BCUT2D eigenvalue weighted by Gasteiger charge is 2.37. The van der Waals surface area contributed by atoms with Crippen LogP contribution in [0.1, 0.15) is 132 Å². The van der Waals surface area contributed by atoms with Crippen molar-refractivity contribution in [1.29, 1.82) is 0 Å². The van der Waals surface area contributed by atoms with E-state index >= 15 is 0 Å². The van der Waals surface area contributed by atoms with Gasteiger partial charge < -0.3 is 19.3 Å². The minimum atomic E-state index is -1.25. The maximum atomic E-state index is 13.2. The summed E-state index contributed by atoms with van der Waals surface area (Å²) >= 11 is 12.3. The highest BCUT2D eigenvalue weighted by atomic mass is 35.5. The number of nitrogens with one attached hydrogen (secondary N) is 2.